The van der Waals surface area contributed by atoms with Crippen molar-refractivity contribution in [2.24, 2.45) is 0 Å². The maximum absolute atomic E-state index is 8.74. The van der Waals surface area contributed by atoms with Gasteiger partial charge < -0.3 is 6.16 Å². The van der Waals surface area contributed by atoms with Crippen LogP contribution in [0.15, 0.2) is 0 Å². The van der Waals surface area contributed by atoms with Gasteiger partial charge in [0, 0.05) is 13.2 Å². The SMILES string of the molecule is CCCCCCCCCCOCCCCCCCC.O=S(=O)(O)O.[H-].[Na+]. The summed E-state index contributed by atoms with van der Waals surface area (Å²) in [4.78, 5) is 0. The third-order valence-corrected chi connectivity index (χ3v) is 3.78. The Hall–Kier alpha value is 0.830. The van der Waals surface area contributed by atoms with Gasteiger partial charge in [-0.3, -0.25) is 9.11 Å². The molecule has 0 fully saturated rings. The third-order valence-electron chi connectivity index (χ3n) is 3.78. The molecule has 0 radical (unpaired) electrons. The average molecular weight is 393 g/mol. The number of hydrogen-bond acceptors (Lipinski definition) is 3. The van der Waals surface area contributed by atoms with Crippen molar-refractivity contribution >= 4 is 10.4 Å². The summed E-state index contributed by atoms with van der Waals surface area (Å²) in [5.41, 5.74) is 0. The zero-order valence-corrected chi connectivity index (χ0v) is 19.7. The Morgan fingerprint density at radius 1 is 0.640 bits per heavy atom. The molecule has 0 aromatic heterocycles. The van der Waals surface area contributed by atoms with Gasteiger partial charge in [-0.2, -0.15) is 8.42 Å². The Bertz CT molecular complexity index is 306. The molecule has 0 aliphatic carbocycles. The first-order chi connectivity index (χ1) is 11.4. The van der Waals surface area contributed by atoms with Gasteiger partial charge in [0.2, 0.25) is 0 Å². The first-order valence-electron chi connectivity index (χ1n) is 9.69. The van der Waals surface area contributed by atoms with Crippen LogP contribution in [0.2, 0.25) is 0 Å². The molecule has 0 atom stereocenters. The van der Waals surface area contributed by atoms with Crippen molar-refractivity contribution in [1.29, 1.82) is 0 Å². The van der Waals surface area contributed by atoms with Crippen molar-refractivity contribution in [2.75, 3.05) is 13.2 Å². The van der Waals surface area contributed by atoms with Gasteiger partial charge >= 0.3 is 40.0 Å². The summed E-state index contributed by atoms with van der Waals surface area (Å²) in [5.74, 6) is 0. The van der Waals surface area contributed by atoms with E-state index in [1.54, 1.807) is 0 Å². The quantitative estimate of drug-likeness (QED) is 0.240. The predicted octanol–water partition coefficient (Wildman–Crippen LogP) is 2.97. The summed E-state index contributed by atoms with van der Waals surface area (Å²) in [7, 11) is -4.67. The van der Waals surface area contributed by atoms with Gasteiger partial charge in [0.05, 0.1) is 0 Å². The van der Waals surface area contributed by atoms with Gasteiger partial charge in [-0.05, 0) is 12.8 Å². The van der Waals surface area contributed by atoms with Gasteiger partial charge in [-0.1, -0.05) is 90.9 Å². The van der Waals surface area contributed by atoms with Crippen LogP contribution in [0.1, 0.15) is 105 Å². The van der Waals surface area contributed by atoms with Gasteiger partial charge in [0.25, 0.3) is 0 Å². The minimum Gasteiger partial charge on any atom is -1.00 e. The van der Waals surface area contributed by atoms with E-state index in [9.17, 15) is 0 Å². The van der Waals surface area contributed by atoms with E-state index in [4.69, 9.17) is 22.3 Å². The maximum Gasteiger partial charge on any atom is 1.00 e. The molecule has 0 amide bonds. The second-order valence-electron chi connectivity index (χ2n) is 6.30. The van der Waals surface area contributed by atoms with E-state index in [-0.39, 0.29) is 31.0 Å². The van der Waals surface area contributed by atoms with Crippen molar-refractivity contribution in [3.8, 4) is 0 Å². The monoisotopic (exact) mass is 392 g/mol. The van der Waals surface area contributed by atoms with Crippen LogP contribution >= 0.6 is 0 Å². The van der Waals surface area contributed by atoms with Crippen LogP contribution in [0.3, 0.4) is 0 Å². The van der Waals surface area contributed by atoms with Crippen LogP contribution in [-0.4, -0.2) is 30.7 Å². The second kappa shape index (κ2) is 24.8. The van der Waals surface area contributed by atoms with Crippen molar-refractivity contribution in [3.05, 3.63) is 0 Å². The van der Waals surface area contributed by atoms with Gasteiger partial charge in [0.1, 0.15) is 0 Å². The summed E-state index contributed by atoms with van der Waals surface area (Å²) in [6.45, 7) is 6.53. The fourth-order valence-corrected chi connectivity index (χ4v) is 2.42. The zero-order chi connectivity index (χ0) is 18.5. The molecule has 0 unspecified atom stereocenters. The van der Waals surface area contributed by atoms with Crippen LogP contribution in [0.25, 0.3) is 0 Å². The molecule has 0 spiro atoms. The molecule has 0 aliphatic heterocycles. The zero-order valence-electron chi connectivity index (χ0n) is 17.8. The van der Waals surface area contributed by atoms with E-state index in [1.807, 2.05) is 0 Å². The number of ether oxygens (including phenoxy) is 1. The third kappa shape index (κ3) is 45.7. The van der Waals surface area contributed by atoms with Crippen molar-refractivity contribution in [2.45, 2.75) is 104 Å². The largest absolute Gasteiger partial charge is 1.00 e. The molecule has 0 aliphatic rings. The molecule has 150 valence electrons. The van der Waals surface area contributed by atoms with E-state index in [2.05, 4.69) is 13.8 Å². The Labute approximate surface area is 180 Å². The Morgan fingerprint density at radius 2 is 0.880 bits per heavy atom. The maximum atomic E-state index is 8.74. The first kappa shape index (κ1) is 30.6. The van der Waals surface area contributed by atoms with Crippen LogP contribution in [0.5, 0.6) is 0 Å². The van der Waals surface area contributed by atoms with E-state index in [0.29, 0.717) is 0 Å². The Kier molecular flexibility index (Phi) is 30.3. The molecule has 0 heterocycles. The van der Waals surface area contributed by atoms with Crippen LogP contribution in [0.4, 0.5) is 0 Å². The minimum absolute atomic E-state index is 0. The molecule has 5 nitrogen and oxygen atoms in total. The van der Waals surface area contributed by atoms with Crippen molar-refractivity contribution in [3.63, 3.8) is 0 Å². The van der Waals surface area contributed by atoms with E-state index < -0.39 is 10.4 Å². The smallest absolute Gasteiger partial charge is 1.00 e. The molecule has 25 heavy (non-hydrogen) atoms. The first-order valence-corrected chi connectivity index (χ1v) is 11.1. The summed E-state index contributed by atoms with van der Waals surface area (Å²) < 4.78 is 37.3. The standard InChI is InChI=1S/C18H38O.Na.H2O4S.H/c1-3-5-7-9-11-12-14-16-18-19-17-15-13-10-8-6-4-2;;1-5(2,3)4;/h3-18H2,1-2H3;;(H2,1,2,3,4);/q;+1;;-1. The van der Waals surface area contributed by atoms with Crippen molar-refractivity contribution in [1.82, 2.24) is 0 Å². The number of hydrogen-bond donors (Lipinski definition) is 2. The topological polar surface area (TPSA) is 83.8 Å². The number of unbranched alkanes of at least 4 members (excludes halogenated alkanes) is 12. The van der Waals surface area contributed by atoms with E-state index in [0.717, 1.165) is 13.2 Å². The molecule has 2 N–H and O–H groups in total. The normalized spacial score (nSPS) is 10.7. The molecule has 0 aromatic carbocycles. The van der Waals surface area contributed by atoms with Gasteiger partial charge in [-0.25, -0.2) is 0 Å². The molecule has 0 rings (SSSR count). The van der Waals surface area contributed by atoms with Crippen LogP contribution < -0.4 is 29.6 Å². The Morgan fingerprint density at radius 3 is 1.16 bits per heavy atom. The van der Waals surface area contributed by atoms with E-state index in [1.165, 1.54) is 89.9 Å². The van der Waals surface area contributed by atoms with Crippen molar-refractivity contribution < 1.29 is 53.2 Å². The van der Waals surface area contributed by atoms with E-state index >= 15 is 0 Å². The minimum atomic E-state index is -4.67. The fraction of sp³-hybridized carbons (Fsp3) is 1.00. The predicted molar refractivity (Wildman–Crippen MR) is 102 cm³/mol. The molecule has 0 bridgehead atoms. The van der Waals surface area contributed by atoms with Gasteiger partial charge in [-0.15, -0.1) is 0 Å². The summed E-state index contributed by atoms with van der Waals surface area (Å²) in [6.07, 6.45) is 19.3. The second-order valence-corrected chi connectivity index (χ2v) is 7.20. The van der Waals surface area contributed by atoms with Gasteiger partial charge in [0.15, 0.2) is 0 Å². The molecular weight excluding hydrogens is 351 g/mol. The van der Waals surface area contributed by atoms with Crippen LogP contribution in [-0.2, 0) is 15.1 Å². The molecular formula is C18H41NaO5S. The average Bonchev–Trinajstić information content (AvgIpc) is 2.49. The fourth-order valence-electron chi connectivity index (χ4n) is 2.42. The summed E-state index contributed by atoms with van der Waals surface area (Å²) in [6, 6.07) is 0. The summed E-state index contributed by atoms with van der Waals surface area (Å²) in [5, 5.41) is 0. The molecule has 0 saturated heterocycles. The Balaban J connectivity index is -0.000000304. The molecule has 7 heteroatoms. The molecule has 0 aromatic rings. The number of rotatable bonds is 16. The molecule has 0 saturated carbocycles. The summed E-state index contributed by atoms with van der Waals surface area (Å²) >= 11 is 0. The van der Waals surface area contributed by atoms with Crippen LogP contribution in [0, 0.1) is 0 Å².